The highest BCUT2D eigenvalue weighted by Crippen LogP contribution is 2.38. The minimum atomic E-state index is -0.880. The van der Waals surface area contributed by atoms with Crippen molar-refractivity contribution in [3.63, 3.8) is 0 Å². The number of thioether (sulfide) groups is 1. The van der Waals surface area contributed by atoms with Gasteiger partial charge in [0.15, 0.2) is 0 Å². The number of nitrogens with zero attached hydrogens (tertiary/aromatic N) is 1. The van der Waals surface area contributed by atoms with Crippen molar-refractivity contribution in [2.24, 2.45) is 0 Å². The van der Waals surface area contributed by atoms with Crippen LogP contribution in [0.2, 0.25) is 0 Å². The summed E-state index contributed by atoms with van der Waals surface area (Å²) in [5.74, 6) is -0.487. The monoisotopic (exact) mass is 297 g/mol. The highest BCUT2D eigenvalue weighted by atomic mass is 32.2. The van der Waals surface area contributed by atoms with Crippen molar-refractivity contribution in [2.45, 2.75) is 19.8 Å². The summed E-state index contributed by atoms with van der Waals surface area (Å²) in [5, 5.41) is 10.8. The summed E-state index contributed by atoms with van der Waals surface area (Å²) in [6, 6.07) is 3.92. The summed E-state index contributed by atoms with van der Waals surface area (Å²) >= 11 is 3.14. The van der Waals surface area contributed by atoms with Gasteiger partial charge in [-0.25, -0.2) is 0 Å². The first-order valence-corrected chi connectivity index (χ1v) is 7.92. The van der Waals surface area contributed by atoms with E-state index in [1.54, 1.807) is 28.0 Å². The zero-order valence-corrected chi connectivity index (χ0v) is 12.2. The summed E-state index contributed by atoms with van der Waals surface area (Å²) in [7, 11) is 0. The van der Waals surface area contributed by atoms with Crippen LogP contribution in [0.5, 0.6) is 0 Å². The summed E-state index contributed by atoms with van der Waals surface area (Å²) in [6.45, 7) is 2.30. The Bertz CT molecular complexity index is 508. The van der Waals surface area contributed by atoms with E-state index in [0.29, 0.717) is 5.75 Å². The predicted molar refractivity (Wildman–Crippen MR) is 78.0 cm³/mol. The molecule has 0 bridgehead atoms. The number of rotatable bonds is 5. The number of carbonyl (C=O) groups excluding carboxylic acids is 1. The number of hydrogen-bond donors (Lipinski definition) is 1. The van der Waals surface area contributed by atoms with Crippen LogP contribution in [0.4, 0.5) is 0 Å². The average molecular weight is 297 g/mol. The van der Waals surface area contributed by atoms with Gasteiger partial charge in [0, 0.05) is 11.4 Å². The zero-order valence-electron chi connectivity index (χ0n) is 10.6. The van der Waals surface area contributed by atoms with E-state index >= 15 is 0 Å². The Labute approximate surface area is 120 Å². The molecule has 0 saturated carbocycles. The molecule has 0 saturated heterocycles. The molecule has 19 heavy (non-hydrogen) atoms. The van der Waals surface area contributed by atoms with Crippen molar-refractivity contribution >= 4 is 40.7 Å². The number of carbonyl (C=O) groups is 2. The van der Waals surface area contributed by atoms with Crippen molar-refractivity contribution in [3.05, 3.63) is 27.3 Å². The summed E-state index contributed by atoms with van der Waals surface area (Å²) in [6.07, 6.45) is 0.830. The van der Waals surface area contributed by atoms with Gasteiger partial charge in [0.25, 0.3) is 0 Å². The van der Waals surface area contributed by atoms with Crippen molar-refractivity contribution in [2.75, 3.05) is 12.3 Å². The van der Waals surface area contributed by atoms with Gasteiger partial charge in [-0.15, -0.1) is 23.1 Å². The van der Waals surface area contributed by atoms with Crippen molar-refractivity contribution < 1.29 is 14.7 Å². The Balaban J connectivity index is 2.35. The molecule has 102 valence electrons. The van der Waals surface area contributed by atoms with E-state index in [4.69, 9.17) is 5.11 Å². The largest absolute Gasteiger partial charge is 0.481 e. The van der Waals surface area contributed by atoms with Gasteiger partial charge in [-0.1, -0.05) is 13.0 Å². The third kappa shape index (κ3) is 3.19. The van der Waals surface area contributed by atoms with E-state index in [2.05, 4.69) is 6.92 Å². The van der Waals surface area contributed by atoms with Crippen LogP contribution in [0.3, 0.4) is 0 Å². The number of hydrogen-bond acceptors (Lipinski definition) is 4. The number of aliphatic carboxylic acids is 1. The van der Waals surface area contributed by atoms with Crippen LogP contribution >= 0.6 is 23.1 Å². The van der Waals surface area contributed by atoms with Crippen LogP contribution in [-0.4, -0.2) is 34.2 Å². The molecule has 1 aliphatic heterocycles. The molecule has 0 spiro atoms. The molecule has 1 aromatic heterocycles. The van der Waals surface area contributed by atoms with E-state index in [-0.39, 0.29) is 18.9 Å². The van der Waals surface area contributed by atoms with Gasteiger partial charge in [-0.05, 0) is 17.9 Å². The quantitative estimate of drug-likeness (QED) is 0.908. The highest BCUT2D eigenvalue weighted by Gasteiger charge is 2.28. The average Bonchev–Trinajstić information content (AvgIpc) is 2.90. The lowest BCUT2D eigenvalue weighted by Crippen LogP contribution is -2.35. The fraction of sp³-hybridized carbons (Fsp3) is 0.385. The SMILES string of the molecule is CCC1=C(c2cccs2)N(CCC(=O)O)C(=O)CS1. The Kier molecular flexibility index (Phi) is 4.66. The maximum Gasteiger partial charge on any atom is 0.305 e. The van der Waals surface area contributed by atoms with E-state index in [9.17, 15) is 9.59 Å². The molecule has 2 heterocycles. The Morgan fingerprint density at radius 2 is 2.32 bits per heavy atom. The van der Waals surface area contributed by atoms with Crippen LogP contribution in [0, 0.1) is 0 Å². The fourth-order valence-electron chi connectivity index (χ4n) is 1.97. The molecule has 0 fully saturated rings. The highest BCUT2D eigenvalue weighted by molar-refractivity contribution is 8.04. The molecule has 1 N–H and O–H groups in total. The first-order valence-electron chi connectivity index (χ1n) is 6.05. The number of allylic oxidation sites excluding steroid dienone is 1. The van der Waals surface area contributed by atoms with Crippen LogP contribution in [0.15, 0.2) is 22.4 Å². The minimum absolute atomic E-state index is 0.00755. The van der Waals surface area contributed by atoms with Crippen LogP contribution in [-0.2, 0) is 9.59 Å². The standard InChI is InChI=1S/C13H15NO3S2/c1-2-9-13(10-4-3-7-18-10)14(6-5-12(16)17)11(15)8-19-9/h3-4,7H,2,5-6,8H2,1H3,(H,16,17). The number of thiophene rings is 1. The third-order valence-corrected chi connectivity index (χ3v) is 4.93. The third-order valence-electron chi connectivity index (χ3n) is 2.83. The summed E-state index contributed by atoms with van der Waals surface area (Å²) in [5.41, 5.74) is 0.903. The minimum Gasteiger partial charge on any atom is -0.481 e. The lowest BCUT2D eigenvalue weighted by Gasteiger charge is -2.30. The van der Waals surface area contributed by atoms with Gasteiger partial charge in [0.05, 0.1) is 22.7 Å². The first-order chi connectivity index (χ1) is 9.13. The lowest BCUT2D eigenvalue weighted by atomic mass is 10.2. The van der Waals surface area contributed by atoms with Crippen LogP contribution < -0.4 is 0 Å². The van der Waals surface area contributed by atoms with Gasteiger partial charge in [0.2, 0.25) is 5.91 Å². The second-order valence-corrected chi connectivity index (χ2v) is 6.10. The Morgan fingerprint density at radius 1 is 1.53 bits per heavy atom. The summed E-state index contributed by atoms with van der Waals surface area (Å²) < 4.78 is 0. The fourth-order valence-corrected chi connectivity index (χ4v) is 3.85. The molecule has 1 amide bonds. The number of carboxylic acids is 1. The predicted octanol–water partition coefficient (Wildman–Crippen LogP) is 2.88. The zero-order chi connectivity index (χ0) is 13.8. The maximum absolute atomic E-state index is 12.1. The molecule has 0 aromatic carbocycles. The molecule has 6 heteroatoms. The first kappa shape index (κ1) is 14.1. The van der Waals surface area contributed by atoms with Crippen molar-refractivity contribution in [1.29, 1.82) is 0 Å². The number of amides is 1. The maximum atomic E-state index is 12.1. The van der Waals surface area contributed by atoms with Crippen LogP contribution in [0.1, 0.15) is 24.6 Å². The molecular weight excluding hydrogens is 282 g/mol. The molecular formula is C13H15NO3S2. The summed E-state index contributed by atoms with van der Waals surface area (Å²) in [4.78, 5) is 26.6. The topological polar surface area (TPSA) is 57.6 Å². The molecule has 0 aliphatic carbocycles. The Morgan fingerprint density at radius 3 is 2.89 bits per heavy atom. The van der Waals surface area contributed by atoms with Gasteiger partial charge in [-0.3, -0.25) is 9.59 Å². The molecule has 1 aromatic rings. The molecule has 4 nitrogen and oxygen atoms in total. The van der Waals surface area contributed by atoms with Crippen LogP contribution in [0.25, 0.3) is 5.70 Å². The van der Waals surface area contributed by atoms with Gasteiger partial charge < -0.3 is 10.0 Å². The van der Waals surface area contributed by atoms with Gasteiger partial charge in [0.1, 0.15) is 0 Å². The Hall–Kier alpha value is -1.27. The molecule has 0 atom stereocenters. The smallest absolute Gasteiger partial charge is 0.305 e. The van der Waals surface area contributed by atoms with Crippen molar-refractivity contribution in [1.82, 2.24) is 4.90 Å². The normalized spacial score (nSPS) is 16.1. The molecule has 0 radical (unpaired) electrons. The van der Waals surface area contributed by atoms with E-state index in [0.717, 1.165) is 21.9 Å². The van der Waals surface area contributed by atoms with E-state index in [1.807, 2.05) is 17.5 Å². The molecule has 0 unspecified atom stereocenters. The lowest BCUT2D eigenvalue weighted by molar-refractivity contribution is -0.137. The molecule has 1 aliphatic rings. The van der Waals surface area contributed by atoms with Crippen molar-refractivity contribution in [3.8, 4) is 0 Å². The molecule has 2 rings (SSSR count). The second-order valence-electron chi connectivity index (χ2n) is 4.08. The van der Waals surface area contributed by atoms with E-state index < -0.39 is 5.97 Å². The van der Waals surface area contributed by atoms with Gasteiger partial charge >= 0.3 is 5.97 Å². The number of carboxylic acid groups (broad SMARTS) is 1. The van der Waals surface area contributed by atoms with Gasteiger partial charge in [-0.2, -0.15) is 0 Å². The van der Waals surface area contributed by atoms with E-state index in [1.165, 1.54) is 0 Å². The second kappa shape index (κ2) is 6.25.